The molecule has 1 heterocycles. The third-order valence-electron chi connectivity index (χ3n) is 2.75. The largest absolute Gasteiger partial charge is 0.335 e. The Bertz CT molecular complexity index is 395. The van der Waals surface area contributed by atoms with Crippen molar-refractivity contribution in [3.63, 3.8) is 0 Å². The Morgan fingerprint density at radius 3 is 2.80 bits per heavy atom. The van der Waals surface area contributed by atoms with E-state index in [0.717, 1.165) is 19.5 Å². The van der Waals surface area contributed by atoms with Crippen LogP contribution >= 0.6 is 0 Å². The molecule has 0 aliphatic carbocycles. The summed E-state index contributed by atoms with van der Waals surface area (Å²) >= 11 is 0. The third kappa shape index (κ3) is 2.09. The fourth-order valence-corrected chi connectivity index (χ4v) is 1.93. The summed E-state index contributed by atoms with van der Waals surface area (Å²) in [6, 6.07) is 8.34. The molecule has 0 bridgehead atoms. The van der Waals surface area contributed by atoms with Gasteiger partial charge in [0.05, 0.1) is 0 Å². The van der Waals surface area contributed by atoms with Gasteiger partial charge in [-0.1, -0.05) is 30.3 Å². The zero-order chi connectivity index (χ0) is 10.7. The molecule has 78 valence electrons. The SMILES string of the molecule is C/C=C\C(=O)N1CCc2ccccc2C1. The topological polar surface area (TPSA) is 20.3 Å². The maximum absolute atomic E-state index is 11.6. The first-order valence-electron chi connectivity index (χ1n) is 5.29. The molecule has 2 heteroatoms. The molecule has 0 saturated carbocycles. The van der Waals surface area contributed by atoms with Gasteiger partial charge in [-0.15, -0.1) is 0 Å². The minimum atomic E-state index is 0.118. The van der Waals surface area contributed by atoms with Crippen LogP contribution in [0.5, 0.6) is 0 Å². The molecule has 0 fully saturated rings. The minimum absolute atomic E-state index is 0.118. The van der Waals surface area contributed by atoms with E-state index in [2.05, 4.69) is 18.2 Å². The van der Waals surface area contributed by atoms with Crippen molar-refractivity contribution in [3.8, 4) is 0 Å². The second kappa shape index (κ2) is 4.30. The number of hydrogen-bond acceptors (Lipinski definition) is 1. The van der Waals surface area contributed by atoms with Crippen molar-refractivity contribution < 1.29 is 4.79 Å². The molecule has 0 atom stereocenters. The first kappa shape index (κ1) is 9.97. The molecule has 0 radical (unpaired) electrons. The van der Waals surface area contributed by atoms with Gasteiger partial charge in [-0.25, -0.2) is 0 Å². The van der Waals surface area contributed by atoms with Crippen LogP contribution in [0.4, 0.5) is 0 Å². The average molecular weight is 201 g/mol. The van der Waals surface area contributed by atoms with E-state index in [1.165, 1.54) is 11.1 Å². The smallest absolute Gasteiger partial charge is 0.246 e. The second-order valence-corrected chi connectivity index (χ2v) is 3.78. The van der Waals surface area contributed by atoms with Gasteiger partial charge in [0.1, 0.15) is 0 Å². The Labute approximate surface area is 90.2 Å². The first-order valence-corrected chi connectivity index (χ1v) is 5.29. The molecule has 1 aromatic rings. The first-order chi connectivity index (χ1) is 7.31. The number of amides is 1. The lowest BCUT2D eigenvalue weighted by Crippen LogP contribution is -2.34. The van der Waals surface area contributed by atoms with E-state index >= 15 is 0 Å². The van der Waals surface area contributed by atoms with Gasteiger partial charge >= 0.3 is 0 Å². The molecule has 1 aliphatic heterocycles. The molecule has 0 saturated heterocycles. The summed E-state index contributed by atoms with van der Waals surface area (Å²) in [5, 5.41) is 0. The number of allylic oxidation sites excluding steroid dienone is 1. The van der Waals surface area contributed by atoms with Gasteiger partial charge in [0.15, 0.2) is 0 Å². The predicted octanol–water partition coefficient (Wildman–Crippen LogP) is 2.15. The van der Waals surface area contributed by atoms with E-state index in [4.69, 9.17) is 0 Å². The lowest BCUT2D eigenvalue weighted by atomic mass is 10.00. The third-order valence-corrected chi connectivity index (χ3v) is 2.75. The predicted molar refractivity (Wildman–Crippen MR) is 60.4 cm³/mol. The summed E-state index contributed by atoms with van der Waals surface area (Å²) in [4.78, 5) is 13.5. The molecule has 0 unspecified atom stereocenters. The van der Waals surface area contributed by atoms with E-state index in [-0.39, 0.29) is 5.91 Å². The standard InChI is InChI=1S/C13H15NO/c1-2-5-13(15)14-9-8-11-6-3-4-7-12(11)10-14/h2-7H,8-10H2,1H3/b5-2-. The fraction of sp³-hybridized carbons (Fsp3) is 0.308. The van der Waals surface area contributed by atoms with Crippen LogP contribution in [0.1, 0.15) is 18.1 Å². The van der Waals surface area contributed by atoms with Crippen molar-refractivity contribution >= 4 is 5.91 Å². The average Bonchev–Trinajstić information content (AvgIpc) is 2.29. The molecule has 1 amide bonds. The minimum Gasteiger partial charge on any atom is -0.335 e. The Balaban J connectivity index is 2.15. The molecule has 2 nitrogen and oxygen atoms in total. The zero-order valence-corrected chi connectivity index (χ0v) is 8.94. The summed E-state index contributed by atoms with van der Waals surface area (Å²) in [7, 11) is 0. The molecule has 0 N–H and O–H groups in total. The van der Waals surface area contributed by atoms with Crippen LogP contribution < -0.4 is 0 Å². The monoisotopic (exact) mass is 201 g/mol. The van der Waals surface area contributed by atoms with Crippen LogP contribution in [0, 0.1) is 0 Å². The lowest BCUT2D eigenvalue weighted by Gasteiger charge is -2.27. The second-order valence-electron chi connectivity index (χ2n) is 3.78. The van der Waals surface area contributed by atoms with Crippen LogP contribution in [-0.2, 0) is 17.8 Å². The summed E-state index contributed by atoms with van der Waals surface area (Å²) in [6.07, 6.45) is 4.40. The summed E-state index contributed by atoms with van der Waals surface area (Å²) in [5.74, 6) is 0.118. The number of benzene rings is 1. The van der Waals surface area contributed by atoms with Gasteiger partial charge in [0.2, 0.25) is 5.91 Å². The number of hydrogen-bond donors (Lipinski definition) is 0. The van der Waals surface area contributed by atoms with Crippen LogP contribution in [0.15, 0.2) is 36.4 Å². The number of fused-ring (bicyclic) bond motifs is 1. The quantitative estimate of drug-likeness (QED) is 0.637. The van der Waals surface area contributed by atoms with Crippen LogP contribution in [0.3, 0.4) is 0 Å². The number of carbonyl (C=O) groups excluding carboxylic acids is 1. The van der Waals surface area contributed by atoms with E-state index in [1.54, 1.807) is 12.2 Å². The highest BCUT2D eigenvalue weighted by Gasteiger charge is 2.17. The van der Waals surface area contributed by atoms with Crippen molar-refractivity contribution in [1.82, 2.24) is 4.90 Å². The van der Waals surface area contributed by atoms with E-state index in [9.17, 15) is 4.79 Å². The highest BCUT2D eigenvalue weighted by atomic mass is 16.2. The van der Waals surface area contributed by atoms with Crippen molar-refractivity contribution in [2.75, 3.05) is 6.54 Å². The molecule has 2 rings (SSSR count). The normalized spacial score (nSPS) is 15.4. The van der Waals surface area contributed by atoms with Gasteiger partial charge in [-0.05, 0) is 30.5 Å². The summed E-state index contributed by atoms with van der Waals surface area (Å²) < 4.78 is 0. The van der Waals surface area contributed by atoms with Crippen molar-refractivity contribution in [2.24, 2.45) is 0 Å². The maximum atomic E-state index is 11.6. The number of rotatable bonds is 1. The van der Waals surface area contributed by atoms with Crippen molar-refractivity contribution in [3.05, 3.63) is 47.5 Å². The molecule has 15 heavy (non-hydrogen) atoms. The highest BCUT2D eigenvalue weighted by Crippen LogP contribution is 2.18. The molecule has 0 spiro atoms. The van der Waals surface area contributed by atoms with Crippen molar-refractivity contribution in [1.29, 1.82) is 0 Å². The summed E-state index contributed by atoms with van der Waals surface area (Å²) in [6.45, 7) is 3.45. The van der Waals surface area contributed by atoms with Gasteiger partial charge in [0, 0.05) is 13.1 Å². The summed E-state index contributed by atoms with van der Waals surface area (Å²) in [5.41, 5.74) is 2.66. The van der Waals surface area contributed by atoms with Crippen LogP contribution in [0.25, 0.3) is 0 Å². The van der Waals surface area contributed by atoms with Gasteiger partial charge in [-0.3, -0.25) is 4.79 Å². The van der Waals surface area contributed by atoms with Crippen LogP contribution in [0.2, 0.25) is 0 Å². The van der Waals surface area contributed by atoms with E-state index in [1.807, 2.05) is 17.9 Å². The Morgan fingerprint density at radius 2 is 2.07 bits per heavy atom. The Morgan fingerprint density at radius 1 is 1.33 bits per heavy atom. The molecule has 0 aromatic heterocycles. The maximum Gasteiger partial charge on any atom is 0.246 e. The lowest BCUT2D eigenvalue weighted by molar-refractivity contribution is -0.126. The van der Waals surface area contributed by atoms with Crippen molar-refractivity contribution in [2.45, 2.75) is 19.9 Å². The van der Waals surface area contributed by atoms with E-state index < -0.39 is 0 Å². The number of nitrogens with zero attached hydrogens (tertiary/aromatic N) is 1. The van der Waals surface area contributed by atoms with Gasteiger partial charge < -0.3 is 4.90 Å². The van der Waals surface area contributed by atoms with Crippen LogP contribution in [-0.4, -0.2) is 17.4 Å². The fourth-order valence-electron chi connectivity index (χ4n) is 1.93. The van der Waals surface area contributed by atoms with E-state index in [0.29, 0.717) is 0 Å². The van der Waals surface area contributed by atoms with Gasteiger partial charge in [0.25, 0.3) is 0 Å². The number of carbonyl (C=O) groups is 1. The molecular weight excluding hydrogens is 186 g/mol. The Hall–Kier alpha value is -1.57. The van der Waals surface area contributed by atoms with Gasteiger partial charge in [-0.2, -0.15) is 0 Å². The molecule has 1 aliphatic rings. The zero-order valence-electron chi connectivity index (χ0n) is 8.94. The molecule has 1 aromatic carbocycles. The molecular formula is C13H15NO. The highest BCUT2D eigenvalue weighted by molar-refractivity contribution is 5.87. The Kier molecular flexibility index (Phi) is 2.86.